The normalized spacial score (nSPS) is 19.1. The van der Waals surface area contributed by atoms with Crippen molar-refractivity contribution < 1.29 is 9.90 Å². The lowest BCUT2D eigenvalue weighted by molar-refractivity contribution is -0.137. The lowest BCUT2D eigenvalue weighted by Gasteiger charge is -2.31. The summed E-state index contributed by atoms with van der Waals surface area (Å²) in [5.41, 5.74) is 0.980. The average molecular weight is 318 g/mol. The molecule has 1 aliphatic heterocycles. The minimum Gasteiger partial charge on any atom is -0.480 e. The van der Waals surface area contributed by atoms with Gasteiger partial charge in [0, 0.05) is 25.2 Å². The smallest absolute Gasteiger partial charge is 0.325 e. The molecule has 1 N–H and O–H groups in total. The summed E-state index contributed by atoms with van der Waals surface area (Å²) in [6, 6.07) is 1.94. The number of aryl methyl sites for hydroxylation is 1. The van der Waals surface area contributed by atoms with E-state index >= 15 is 0 Å². The Morgan fingerprint density at radius 2 is 2.35 bits per heavy atom. The van der Waals surface area contributed by atoms with Crippen LogP contribution in [-0.4, -0.2) is 53.6 Å². The summed E-state index contributed by atoms with van der Waals surface area (Å²) in [7, 11) is 0. The molecule has 1 unspecified atom stereocenters. The molecule has 2 aromatic heterocycles. The molecule has 124 valence electrons. The first-order chi connectivity index (χ1) is 11.2. The van der Waals surface area contributed by atoms with Crippen molar-refractivity contribution in [3.05, 3.63) is 30.1 Å². The topological polar surface area (TPSA) is 89.1 Å². The Hall–Kier alpha value is -2.22. The molecular weight excluding hydrogens is 296 g/mol. The molecule has 3 rings (SSSR count). The Morgan fingerprint density at radius 1 is 1.48 bits per heavy atom. The number of rotatable bonds is 6. The maximum absolute atomic E-state index is 10.8. The van der Waals surface area contributed by atoms with Crippen molar-refractivity contribution >= 4 is 5.97 Å². The van der Waals surface area contributed by atoms with Crippen molar-refractivity contribution in [3.63, 3.8) is 0 Å². The third kappa shape index (κ3) is 3.76. The molecule has 0 radical (unpaired) electrons. The Bertz CT molecular complexity index is 664. The third-order valence-electron chi connectivity index (χ3n) is 4.28. The van der Waals surface area contributed by atoms with Crippen LogP contribution in [0.1, 0.15) is 37.2 Å². The van der Waals surface area contributed by atoms with Crippen LogP contribution in [0.2, 0.25) is 0 Å². The zero-order chi connectivity index (χ0) is 16.2. The van der Waals surface area contributed by atoms with E-state index in [1.807, 2.05) is 6.07 Å². The molecule has 0 amide bonds. The van der Waals surface area contributed by atoms with E-state index in [0.717, 1.165) is 50.5 Å². The number of nitrogens with zero attached hydrogens (tertiary/aromatic N) is 6. The summed E-state index contributed by atoms with van der Waals surface area (Å²) in [4.78, 5) is 13.1. The fourth-order valence-electron chi connectivity index (χ4n) is 3.13. The first-order valence-corrected chi connectivity index (χ1v) is 8.00. The van der Waals surface area contributed by atoms with Gasteiger partial charge in [0.25, 0.3) is 0 Å². The average Bonchev–Trinajstić information content (AvgIpc) is 3.16. The second kappa shape index (κ2) is 6.91. The highest BCUT2D eigenvalue weighted by Gasteiger charge is 2.24. The molecule has 1 aliphatic rings. The number of hydrogen-bond donors (Lipinski definition) is 1. The molecule has 0 aromatic carbocycles. The van der Waals surface area contributed by atoms with Gasteiger partial charge >= 0.3 is 5.97 Å². The summed E-state index contributed by atoms with van der Waals surface area (Å²) in [6.07, 6.45) is 5.71. The van der Waals surface area contributed by atoms with Gasteiger partial charge in [0.1, 0.15) is 18.7 Å². The summed E-state index contributed by atoms with van der Waals surface area (Å²) >= 11 is 0. The van der Waals surface area contributed by atoms with E-state index in [4.69, 9.17) is 5.11 Å². The molecule has 1 atom stereocenters. The van der Waals surface area contributed by atoms with Crippen molar-refractivity contribution in [2.24, 2.45) is 0 Å². The van der Waals surface area contributed by atoms with Gasteiger partial charge in [-0.25, -0.2) is 0 Å². The van der Waals surface area contributed by atoms with Crippen LogP contribution in [0.15, 0.2) is 18.6 Å². The van der Waals surface area contributed by atoms with Crippen LogP contribution >= 0.6 is 0 Å². The Labute approximate surface area is 134 Å². The van der Waals surface area contributed by atoms with E-state index in [-0.39, 0.29) is 6.54 Å². The van der Waals surface area contributed by atoms with E-state index in [1.54, 1.807) is 12.5 Å². The van der Waals surface area contributed by atoms with Gasteiger partial charge in [0.05, 0.1) is 12.2 Å². The van der Waals surface area contributed by atoms with E-state index < -0.39 is 5.97 Å². The molecule has 1 fully saturated rings. The Morgan fingerprint density at radius 3 is 3.13 bits per heavy atom. The maximum atomic E-state index is 10.8. The van der Waals surface area contributed by atoms with Crippen molar-refractivity contribution in [1.82, 2.24) is 29.4 Å². The fourth-order valence-corrected chi connectivity index (χ4v) is 3.13. The van der Waals surface area contributed by atoms with Crippen LogP contribution < -0.4 is 0 Å². The van der Waals surface area contributed by atoms with E-state index in [0.29, 0.717) is 5.92 Å². The lowest BCUT2D eigenvalue weighted by atomic mass is 9.95. The predicted molar refractivity (Wildman–Crippen MR) is 82.8 cm³/mol. The number of carboxylic acid groups (broad SMARTS) is 1. The molecule has 0 bridgehead atoms. The molecular formula is C15H22N6O2. The summed E-state index contributed by atoms with van der Waals surface area (Å²) in [5, 5.41) is 21.4. The standard InChI is InChI=1S/C15H22N6O2/c1-2-20-11-16-17-14(20)9-19-6-3-4-12(8-19)13-5-7-21(18-13)10-15(22)23/h5,7,11-12H,2-4,6,8-10H2,1H3,(H,22,23). The van der Waals surface area contributed by atoms with Crippen molar-refractivity contribution in [3.8, 4) is 0 Å². The molecule has 8 heteroatoms. The van der Waals surface area contributed by atoms with Crippen molar-refractivity contribution in [2.45, 2.75) is 45.3 Å². The molecule has 2 aromatic rings. The lowest BCUT2D eigenvalue weighted by Crippen LogP contribution is -2.35. The van der Waals surface area contributed by atoms with Gasteiger partial charge in [-0.05, 0) is 32.4 Å². The second-order valence-corrected chi connectivity index (χ2v) is 5.94. The van der Waals surface area contributed by atoms with Gasteiger partial charge in [0.15, 0.2) is 0 Å². The number of aliphatic carboxylic acids is 1. The monoisotopic (exact) mass is 318 g/mol. The molecule has 0 aliphatic carbocycles. The highest BCUT2D eigenvalue weighted by Crippen LogP contribution is 2.26. The molecule has 1 saturated heterocycles. The van der Waals surface area contributed by atoms with Gasteiger partial charge in [-0.2, -0.15) is 5.10 Å². The highest BCUT2D eigenvalue weighted by atomic mass is 16.4. The highest BCUT2D eigenvalue weighted by molar-refractivity contribution is 5.66. The van der Waals surface area contributed by atoms with Crippen LogP contribution in [-0.2, 0) is 24.4 Å². The van der Waals surface area contributed by atoms with Gasteiger partial charge < -0.3 is 9.67 Å². The van der Waals surface area contributed by atoms with Crippen molar-refractivity contribution in [1.29, 1.82) is 0 Å². The molecule has 23 heavy (non-hydrogen) atoms. The largest absolute Gasteiger partial charge is 0.480 e. The molecule has 3 heterocycles. The second-order valence-electron chi connectivity index (χ2n) is 5.94. The first kappa shape index (κ1) is 15.7. The van der Waals surface area contributed by atoms with Crippen LogP contribution in [0.4, 0.5) is 0 Å². The fraction of sp³-hybridized carbons (Fsp3) is 0.600. The number of hydrogen-bond acceptors (Lipinski definition) is 5. The van der Waals surface area contributed by atoms with Crippen LogP contribution in [0, 0.1) is 0 Å². The Balaban J connectivity index is 1.64. The minimum absolute atomic E-state index is 0.0873. The zero-order valence-corrected chi connectivity index (χ0v) is 13.3. The number of carboxylic acids is 1. The Kier molecular flexibility index (Phi) is 4.71. The number of likely N-dealkylation sites (tertiary alicyclic amines) is 1. The molecule has 0 spiro atoms. The zero-order valence-electron chi connectivity index (χ0n) is 13.3. The van der Waals surface area contributed by atoms with E-state index in [1.165, 1.54) is 4.68 Å². The van der Waals surface area contributed by atoms with E-state index in [9.17, 15) is 4.79 Å². The van der Waals surface area contributed by atoms with Gasteiger partial charge in [-0.15, -0.1) is 10.2 Å². The van der Waals surface area contributed by atoms with Gasteiger partial charge in [0.2, 0.25) is 0 Å². The van der Waals surface area contributed by atoms with Crippen LogP contribution in [0.5, 0.6) is 0 Å². The van der Waals surface area contributed by atoms with Gasteiger partial charge in [-0.1, -0.05) is 0 Å². The first-order valence-electron chi connectivity index (χ1n) is 8.00. The van der Waals surface area contributed by atoms with Crippen LogP contribution in [0.25, 0.3) is 0 Å². The maximum Gasteiger partial charge on any atom is 0.325 e. The third-order valence-corrected chi connectivity index (χ3v) is 4.28. The number of carbonyl (C=O) groups is 1. The molecule has 0 saturated carbocycles. The minimum atomic E-state index is -0.871. The number of aromatic nitrogens is 5. The number of piperidine rings is 1. The summed E-state index contributed by atoms with van der Waals surface area (Å²) < 4.78 is 3.55. The molecule has 8 nitrogen and oxygen atoms in total. The SMILES string of the molecule is CCn1cnnc1CN1CCCC(c2ccn(CC(=O)O)n2)C1. The van der Waals surface area contributed by atoms with Crippen molar-refractivity contribution in [2.75, 3.05) is 13.1 Å². The van der Waals surface area contributed by atoms with E-state index in [2.05, 4.69) is 31.7 Å². The quantitative estimate of drug-likeness (QED) is 0.853. The van der Waals surface area contributed by atoms with Gasteiger partial charge in [-0.3, -0.25) is 14.4 Å². The summed E-state index contributed by atoms with van der Waals surface area (Å²) in [5.74, 6) is 0.463. The summed E-state index contributed by atoms with van der Waals surface area (Å²) in [6.45, 7) is 5.62. The predicted octanol–water partition coefficient (Wildman–Crippen LogP) is 0.959. The van der Waals surface area contributed by atoms with Crippen LogP contribution in [0.3, 0.4) is 0 Å².